The zero-order valence-electron chi connectivity index (χ0n) is 10.7. The van der Waals surface area contributed by atoms with Crippen molar-refractivity contribution in [2.45, 2.75) is 20.3 Å². The monoisotopic (exact) mass is 247 g/mol. The molecule has 0 radical (unpaired) electrons. The normalized spacial score (nSPS) is 14.5. The third-order valence-corrected chi connectivity index (χ3v) is 2.78. The number of rotatable bonds is 3. The molecule has 18 heavy (non-hydrogen) atoms. The van der Waals surface area contributed by atoms with E-state index in [2.05, 4.69) is 5.32 Å². The van der Waals surface area contributed by atoms with E-state index in [0.29, 0.717) is 42.4 Å². The molecule has 1 heterocycles. The van der Waals surface area contributed by atoms with E-state index in [9.17, 15) is 9.59 Å². The molecule has 0 saturated carbocycles. The van der Waals surface area contributed by atoms with Crippen molar-refractivity contribution in [1.29, 1.82) is 0 Å². The lowest BCUT2D eigenvalue weighted by Gasteiger charge is -2.08. The van der Waals surface area contributed by atoms with Gasteiger partial charge in [-0.1, -0.05) is 13.8 Å². The van der Waals surface area contributed by atoms with E-state index in [1.807, 2.05) is 13.8 Å². The van der Waals surface area contributed by atoms with Crippen LogP contribution in [0, 0.1) is 5.92 Å². The summed E-state index contributed by atoms with van der Waals surface area (Å²) in [5.74, 6) is 0.735. The fourth-order valence-electron chi connectivity index (χ4n) is 1.92. The van der Waals surface area contributed by atoms with Crippen molar-refractivity contribution in [3.8, 4) is 5.75 Å². The molecule has 1 aliphatic rings. The summed E-state index contributed by atoms with van der Waals surface area (Å²) in [5, 5.41) is 2.73. The second-order valence-electron chi connectivity index (χ2n) is 4.84. The highest BCUT2D eigenvalue weighted by Gasteiger charge is 2.18. The molecule has 0 saturated heterocycles. The van der Waals surface area contributed by atoms with Gasteiger partial charge in [-0.05, 0) is 24.1 Å². The van der Waals surface area contributed by atoms with Crippen LogP contribution in [0.5, 0.6) is 5.75 Å². The number of hydrogen-bond donors (Lipinski definition) is 1. The molecule has 1 aliphatic heterocycles. The standard InChI is InChI=1S/C14H17NO3/c1-9(2)7-12(16)10-3-4-13-11(8-10)14(17)15-5-6-18-13/h3-4,8-9H,5-7H2,1-2H3,(H,15,17). The van der Waals surface area contributed by atoms with Crippen molar-refractivity contribution in [2.75, 3.05) is 13.2 Å². The third kappa shape index (κ3) is 2.70. The average Bonchev–Trinajstić information content (AvgIpc) is 2.50. The van der Waals surface area contributed by atoms with Crippen LogP contribution in [0.2, 0.25) is 0 Å². The predicted octanol–water partition coefficient (Wildman–Crippen LogP) is 2.04. The van der Waals surface area contributed by atoms with Crippen LogP contribution in [0.1, 0.15) is 41.0 Å². The average molecular weight is 247 g/mol. The topological polar surface area (TPSA) is 55.4 Å². The highest BCUT2D eigenvalue weighted by molar-refractivity contribution is 6.02. The van der Waals surface area contributed by atoms with Crippen LogP contribution in [0.15, 0.2) is 18.2 Å². The maximum atomic E-state index is 12.0. The smallest absolute Gasteiger partial charge is 0.255 e. The first kappa shape index (κ1) is 12.6. The van der Waals surface area contributed by atoms with Crippen LogP contribution < -0.4 is 10.1 Å². The molecule has 0 bridgehead atoms. The summed E-state index contributed by atoms with van der Waals surface area (Å²) in [6.07, 6.45) is 0.487. The first-order valence-electron chi connectivity index (χ1n) is 6.16. The molecule has 1 aromatic rings. The van der Waals surface area contributed by atoms with Gasteiger partial charge >= 0.3 is 0 Å². The Kier molecular flexibility index (Phi) is 3.65. The van der Waals surface area contributed by atoms with Crippen LogP contribution in [-0.2, 0) is 0 Å². The molecular formula is C14H17NO3. The van der Waals surface area contributed by atoms with Gasteiger partial charge in [0.1, 0.15) is 12.4 Å². The Morgan fingerprint density at radius 2 is 2.22 bits per heavy atom. The molecule has 1 N–H and O–H groups in total. The number of benzene rings is 1. The fraction of sp³-hybridized carbons (Fsp3) is 0.429. The minimum Gasteiger partial charge on any atom is -0.491 e. The van der Waals surface area contributed by atoms with Gasteiger partial charge < -0.3 is 10.1 Å². The van der Waals surface area contributed by atoms with Crippen molar-refractivity contribution < 1.29 is 14.3 Å². The molecule has 0 atom stereocenters. The van der Waals surface area contributed by atoms with Crippen LogP contribution in [0.3, 0.4) is 0 Å². The zero-order chi connectivity index (χ0) is 13.1. The molecule has 0 spiro atoms. The Balaban J connectivity index is 2.30. The Hall–Kier alpha value is -1.84. The summed E-state index contributed by atoms with van der Waals surface area (Å²) in [4.78, 5) is 23.8. The first-order valence-corrected chi connectivity index (χ1v) is 6.16. The summed E-state index contributed by atoms with van der Waals surface area (Å²) in [6, 6.07) is 5.05. The van der Waals surface area contributed by atoms with Gasteiger partial charge in [0.15, 0.2) is 5.78 Å². The summed E-state index contributed by atoms with van der Waals surface area (Å²) in [5.41, 5.74) is 1.02. The molecule has 0 aromatic heterocycles. The highest BCUT2D eigenvalue weighted by Crippen LogP contribution is 2.23. The van der Waals surface area contributed by atoms with E-state index in [1.54, 1.807) is 18.2 Å². The minimum atomic E-state index is -0.179. The highest BCUT2D eigenvalue weighted by atomic mass is 16.5. The van der Waals surface area contributed by atoms with E-state index < -0.39 is 0 Å². The number of carbonyl (C=O) groups is 2. The van der Waals surface area contributed by atoms with Gasteiger partial charge in [-0.25, -0.2) is 0 Å². The van der Waals surface area contributed by atoms with Crippen LogP contribution in [-0.4, -0.2) is 24.8 Å². The lowest BCUT2D eigenvalue weighted by atomic mass is 9.99. The van der Waals surface area contributed by atoms with Gasteiger partial charge in [-0.3, -0.25) is 9.59 Å². The lowest BCUT2D eigenvalue weighted by molar-refractivity contribution is 0.0957. The van der Waals surface area contributed by atoms with Gasteiger partial charge in [0.25, 0.3) is 5.91 Å². The summed E-state index contributed by atoms with van der Waals surface area (Å²) in [7, 11) is 0. The van der Waals surface area contributed by atoms with Crippen LogP contribution >= 0.6 is 0 Å². The van der Waals surface area contributed by atoms with Crippen molar-refractivity contribution >= 4 is 11.7 Å². The molecule has 0 aliphatic carbocycles. The van der Waals surface area contributed by atoms with E-state index in [1.165, 1.54) is 0 Å². The molecule has 1 aromatic carbocycles. The van der Waals surface area contributed by atoms with Crippen molar-refractivity contribution in [3.05, 3.63) is 29.3 Å². The molecule has 1 amide bonds. The number of Topliss-reactive ketones (excluding diaryl/α,β-unsaturated/α-hetero) is 1. The number of fused-ring (bicyclic) bond motifs is 1. The quantitative estimate of drug-likeness (QED) is 0.831. The number of ether oxygens (including phenoxy) is 1. The maximum Gasteiger partial charge on any atom is 0.255 e. The zero-order valence-corrected chi connectivity index (χ0v) is 10.7. The van der Waals surface area contributed by atoms with Crippen molar-refractivity contribution in [1.82, 2.24) is 5.32 Å². The van der Waals surface area contributed by atoms with Gasteiger partial charge in [0, 0.05) is 12.0 Å². The van der Waals surface area contributed by atoms with Crippen LogP contribution in [0.4, 0.5) is 0 Å². The molecule has 0 fully saturated rings. The number of hydrogen-bond acceptors (Lipinski definition) is 3. The molecule has 0 unspecified atom stereocenters. The van der Waals surface area contributed by atoms with Gasteiger partial charge in [-0.2, -0.15) is 0 Å². The molecular weight excluding hydrogens is 230 g/mol. The second-order valence-corrected chi connectivity index (χ2v) is 4.84. The van der Waals surface area contributed by atoms with Crippen molar-refractivity contribution in [3.63, 3.8) is 0 Å². The molecule has 4 heteroatoms. The SMILES string of the molecule is CC(C)CC(=O)c1ccc2c(c1)C(=O)NCCO2. The predicted molar refractivity (Wildman–Crippen MR) is 68.1 cm³/mol. The molecule has 4 nitrogen and oxygen atoms in total. The van der Waals surface area contributed by atoms with E-state index in [-0.39, 0.29) is 11.7 Å². The second kappa shape index (κ2) is 5.21. The van der Waals surface area contributed by atoms with Gasteiger partial charge in [0.05, 0.1) is 12.1 Å². The number of ketones is 1. The lowest BCUT2D eigenvalue weighted by Crippen LogP contribution is -2.24. The fourth-order valence-corrected chi connectivity index (χ4v) is 1.92. The summed E-state index contributed by atoms with van der Waals surface area (Å²) in [6.45, 7) is 4.94. The van der Waals surface area contributed by atoms with Gasteiger partial charge in [0.2, 0.25) is 0 Å². The Bertz CT molecular complexity index is 480. The Morgan fingerprint density at radius 1 is 1.44 bits per heavy atom. The Morgan fingerprint density at radius 3 is 2.94 bits per heavy atom. The third-order valence-electron chi connectivity index (χ3n) is 2.78. The molecule has 2 rings (SSSR count). The Labute approximate surface area is 106 Å². The number of carbonyl (C=O) groups excluding carboxylic acids is 2. The maximum absolute atomic E-state index is 12.0. The minimum absolute atomic E-state index is 0.0600. The van der Waals surface area contributed by atoms with Crippen LogP contribution in [0.25, 0.3) is 0 Å². The number of amides is 1. The molecule has 96 valence electrons. The summed E-state index contributed by atoms with van der Waals surface area (Å²) >= 11 is 0. The number of nitrogens with one attached hydrogen (secondary N) is 1. The van der Waals surface area contributed by atoms with E-state index in [4.69, 9.17) is 4.74 Å². The van der Waals surface area contributed by atoms with E-state index >= 15 is 0 Å². The van der Waals surface area contributed by atoms with E-state index in [0.717, 1.165) is 0 Å². The summed E-state index contributed by atoms with van der Waals surface area (Å²) < 4.78 is 5.44. The van der Waals surface area contributed by atoms with Gasteiger partial charge in [-0.15, -0.1) is 0 Å². The van der Waals surface area contributed by atoms with Crippen molar-refractivity contribution in [2.24, 2.45) is 5.92 Å². The first-order chi connectivity index (χ1) is 8.58. The largest absolute Gasteiger partial charge is 0.491 e.